The van der Waals surface area contributed by atoms with Gasteiger partial charge < -0.3 is 14.1 Å². The van der Waals surface area contributed by atoms with Crippen molar-refractivity contribution in [1.82, 2.24) is 9.55 Å². The van der Waals surface area contributed by atoms with Crippen molar-refractivity contribution in [3.8, 4) is 5.75 Å². The number of benzene rings is 1. The van der Waals surface area contributed by atoms with Gasteiger partial charge in [-0.15, -0.1) is 0 Å². The molecule has 8 nitrogen and oxygen atoms in total. The minimum atomic E-state index is -3.87. The fourth-order valence-electron chi connectivity index (χ4n) is 4.71. The molecule has 0 radical (unpaired) electrons. The van der Waals surface area contributed by atoms with E-state index in [-0.39, 0.29) is 22.3 Å². The Hall–Kier alpha value is -3.07. The molecule has 182 valence electrons. The lowest BCUT2D eigenvalue weighted by atomic mass is 9.81. The van der Waals surface area contributed by atoms with E-state index in [0.29, 0.717) is 29.9 Å². The Kier molecular flexibility index (Phi) is 6.84. The predicted octanol–water partition coefficient (Wildman–Crippen LogP) is 4.33. The molecule has 1 unspecified atom stereocenters. The normalized spacial score (nSPS) is 15.4. The summed E-state index contributed by atoms with van der Waals surface area (Å²) in [6.45, 7) is 3.93. The Morgan fingerprint density at radius 1 is 1.15 bits per heavy atom. The molecule has 34 heavy (non-hydrogen) atoms. The number of nitrogens with one attached hydrogen (secondary N) is 1. The van der Waals surface area contributed by atoms with Crippen molar-refractivity contribution in [3.05, 3.63) is 69.7 Å². The van der Waals surface area contributed by atoms with E-state index in [0.717, 1.165) is 31.2 Å². The summed E-state index contributed by atoms with van der Waals surface area (Å²) in [5.74, 6) is 0.0889. The van der Waals surface area contributed by atoms with Gasteiger partial charge in [0.15, 0.2) is 5.03 Å². The summed E-state index contributed by atoms with van der Waals surface area (Å²) >= 11 is 0. The van der Waals surface area contributed by atoms with Crippen LogP contribution in [0.4, 0.5) is 5.69 Å². The highest BCUT2D eigenvalue weighted by Gasteiger charge is 2.30. The van der Waals surface area contributed by atoms with Crippen LogP contribution in [0.2, 0.25) is 0 Å². The molecule has 0 amide bonds. The van der Waals surface area contributed by atoms with Gasteiger partial charge in [0.1, 0.15) is 11.5 Å². The second-order valence-corrected chi connectivity index (χ2v) is 10.9. The van der Waals surface area contributed by atoms with Crippen LogP contribution < -0.4 is 10.3 Å². The van der Waals surface area contributed by atoms with Crippen LogP contribution in [-0.2, 0) is 29.9 Å². The molecule has 0 aliphatic heterocycles. The van der Waals surface area contributed by atoms with Crippen LogP contribution in [0.15, 0.2) is 51.0 Å². The molecule has 0 bridgehead atoms. The van der Waals surface area contributed by atoms with E-state index >= 15 is 0 Å². The minimum absolute atomic E-state index is 0.0197. The zero-order valence-electron chi connectivity index (χ0n) is 19.7. The zero-order chi connectivity index (χ0) is 24.5. The van der Waals surface area contributed by atoms with Crippen molar-refractivity contribution in [2.45, 2.75) is 63.3 Å². The zero-order valence-corrected chi connectivity index (χ0v) is 20.6. The SMILES string of the molecule is CC(C)C(c1cccc(NS(=O)(=O)c2cn(C)cn2)c1)c1c(O)c2c(oc1=O)CCCCCC2. The van der Waals surface area contributed by atoms with Crippen LogP contribution in [0.3, 0.4) is 0 Å². The molecule has 2 aromatic heterocycles. The Bertz CT molecular complexity index is 1340. The summed E-state index contributed by atoms with van der Waals surface area (Å²) in [7, 11) is -2.17. The van der Waals surface area contributed by atoms with Gasteiger partial charge in [-0.3, -0.25) is 4.72 Å². The number of rotatable bonds is 6. The van der Waals surface area contributed by atoms with Crippen LogP contribution in [0.1, 0.15) is 67.9 Å². The highest BCUT2D eigenvalue weighted by atomic mass is 32.2. The Morgan fingerprint density at radius 2 is 1.88 bits per heavy atom. The number of aryl methyl sites for hydroxylation is 2. The fourth-order valence-corrected chi connectivity index (χ4v) is 5.74. The molecular formula is C25H31N3O5S. The molecule has 1 aliphatic carbocycles. The van der Waals surface area contributed by atoms with E-state index in [2.05, 4.69) is 9.71 Å². The molecule has 9 heteroatoms. The van der Waals surface area contributed by atoms with Crippen molar-refractivity contribution in [2.75, 3.05) is 4.72 Å². The predicted molar refractivity (Wildman–Crippen MR) is 130 cm³/mol. The number of fused-ring (bicyclic) bond motifs is 1. The Morgan fingerprint density at radius 3 is 2.56 bits per heavy atom. The van der Waals surface area contributed by atoms with Crippen LogP contribution in [0.5, 0.6) is 5.75 Å². The van der Waals surface area contributed by atoms with E-state index in [1.54, 1.807) is 29.8 Å². The molecule has 0 fully saturated rings. The lowest BCUT2D eigenvalue weighted by molar-refractivity contribution is 0.376. The van der Waals surface area contributed by atoms with Gasteiger partial charge in [-0.1, -0.05) is 38.8 Å². The third-order valence-electron chi connectivity index (χ3n) is 6.33. The first-order valence-corrected chi connectivity index (χ1v) is 13.1. The maximum absolute atomic E-state index is 13.1. The monoisotopic (exact) mass is 485 g/mol. The first-order valence-electron chi connectivity index (χ1n) is 11.7. The largest absolute Gasteiger partial charge is 0.507 e. The highest BCUT2D eigenvalue weighted by Crippen LogP contribution is 2.39. The van der Waals surface area contributed by atoms with Crippen LogP contribution in [0, 0.1) is 5.92 Å². The topological polar surface area (TPSA) is 114 Å². The van der Waals surface area contributed by atoms with Gasteiger partial charge in [0.25, 0.3) is 10.0 Å². The molecule has 2 heterocycles. The quantitative estimate of drug-likeness (QED) is 0.537. The molecule has 0 saturated carbocycles. The van der Waals surface area contributed by atoms with E-state index in [9.17, 15) is 18.3 Å². The average Bonchev–Trinajstić information content (AvgIpc) is 3.19. The van der Waals surface area contributed by atoms with Crippen molar-refractivity contribution in [1.29, 1.82) is 0 Å². The van der Waals surface area contributed by atoms with Gasteiger partial charge in [0.05, 0.1) is 11.9 Å². The minimum Gasteiger partial charge on any atom is -0.507 e. The van der Waals surface area contributed by atoms with Crippen molar-refractivity contribution in [2.24, 2.45) is 13.0 Å². The van der Waals surface area contributed by atoms with E-state index in [1.807, 2.05) is 19.9 Å². The number of sulfonamides is 1. The first-order chi connectivity index (χ1) is 16.2. The third kappa shape index (κ3) is 4.89. The maximum atomic E-state index is 13.1. The van der Waals surface area contributed by atoms with Crippen molar-refractivity contribution >= 4 is 15.7 Å². The molecule has 1 atom stereocenters. The molecule has 1 aliphatic rings. The van der Waals surface area contributed by atoms with E-state index in [1.165, 1.54) is 12.5 Å². The summed E-state index contributed by atoms with van der Waals surface area (Å²) in [6, 6.07) is 6.90. The van der Waals surface area contributed by atoms with Gasteiger partial charge >= 0.3 is 5.63 Å². The lowest BCUT2D eigenvalue weighted by Gasteiger charge is -2.24. The molecule has 4 rings (SSSR count). The van der Waals surface area contributed by atoms with Gasteiger partial charge in [-0.2, -0.15) is 8.42 Å². The standard InChI is InChI=1S/C25H31N3O5S/c1-16(2)22(23-24(29)19-11-6-4-5-7-12-20(19)33-25(23)30)17-9-8-10-18(13-17)27-34(31,32)21-14-28(3)15-26-21/h8-10,13-16,22,27,29H,4-7,11-12H2,1-3H3. The van der Waals surface area contributed by atoms with E-state index < -0.39 is 21.6 Å². The Balaban J connectivity index is 1.74. The molecule has 0 spiro atoms. The van der Waals surface area contributed by atoms with Gasteiger partial charge in [-0.25, -0.2) is 9.78 Å². The fraction of sp³-hybridized carbons (Fsp3) is 0.440. The van der Waals surface area contributed by atoms with Crippen molar-refractivity contribution in [3.63, 3.8) is 0 Å². The number of hydrogen-bond acceptors (Lipinski definition) is 6. The number of aromatic nitrogens is 2. The molecule has 2 N–H and O–H groups in total. The summed E-state index contributed by atoms with van der Waals surface area (Å²) in [5, 5.41) is 11.2. The van der Waals surface area contributed by atoms with Gasteiger partial charge in [0, 0.05) is 36.8 Å². The summed E-state index contributed by atoms with van der Waals surface area (Å²) in [5.41, 5.74) is 1.49. The van der Waals surface area contributed by atoms with Gasteiger partial charge in [0.2, 0.25) is 0 Å². The number of hydrogen-bond donors (Lipinski definition) is 2. The molecule has 3 aromatic rings. The smallest absolute Gasteiger partial charge is 0.343 e. The molecular weight excluding hydrogens is 454 g/mol. The lowest BCUT2D eigenvalue weighted by Crippen LogP contribution is -2.21. The average molecular weight is 486 g/mol. The van der Waals surface area contributed by atoms with Crippen LogP contribution >= 0.6 is 0 Å². The summed E-state index contributed by atoms with van der Waals surface area (Å²) < 4.78 is 35.3. The van der Waals surface area contributed by atoms with Crippen molar-refractivity contribution < 1.29 is 17.9 Å². The second-order valence-electron chi connectivity index (χ2n) is 9.30. The number of imidazole rings is 1. The summed E-state index contributed by atoms with van der Waals surface area (Å²) in [6.07, 6.45) is 8.20. The number of nitrogens with zero attached hydrogens (tertiary/aromatic N) is 2. The number of anilines is 1. The molecule has 0 saturated heterocycles. The van der Waals surface area contributed by atoms with Crippen LogP contribution in [-0.4, -0.2) is 23.1 Å². The third-order valence-corrected chi connectivity index (χ3v) is 7.59. The summed E-state index contributed by atoms with van der Waals surface area (Å²) in [4.78, 5) is 17.0. The maximum Gasteiger partial charge on any atom is 0.343 e. The molecule has 1 aromatic carbocycles. The van der Waals surface area contributed by atoms with Crippen LogP contribution in [0.25, 0.3) is 0 Å². The highest BCUT2D eigenvalue weighted by molar-refractivity contribution is 7.92. The Labute approximate surface area is 199 Å². The number of aromatic hydroxyl groups is 1. The second kappa shape index (κ2) is 9.66. The van der Waals surface area contributed by atoms with Gasteiger partial charge in [-0.05, 0) is 42.9 Å². The first kappa shape index (κ1) is 24.1. The van der Waals surface area contributed by atoms with E-state index in [4.69, 9.17) is 4.42 Å².